The van der Waals surface area contributed by atoms with Gasteiger partial charge in [0.05, 0.1) is 5.56 Å². The SMILES string of the molecule is CC(CCC1CNc2ccc(C(F)(F)F)cc2C1C)CNC(=O)NCCCN.c1ccccc1. The lowest BCUT2D eigenvalue weighted by atomic mass is 9.79. The standard InChI is InChI=1S/C20H31F3N4O.C6H6/c1-13(11-27-19(28)25-9-3-8-24)4-5-15-12-26-18-7-6-16(20(21,22)23)10-17(18)14(15)2;1-2-4-6-5-3-1/h6-7,10,13-15,26H,3-5,8-9,11-12,24H2,1-2H3,(H2,25,27,28);1-6H. The van der Waals surface area contributed by atoms with Crippen molar-refractivity contribution in [3.8, 4) is 0 Å². The molecule has 2 aromatic carbocycles. The van der Waals surface area contributed by atoms with Crippen molar-refractivity contribution in [2.45, 2.75) is 45.2 Å². The molecular weight excluding hydrogens is 441 g/mol. The summed E-state index contributed by atoms with van der Waals surface area (Å²) in [5, 5.41) is 8.86. The minimum absolute atomic E-state index is 0.0540. The molecular formula is C26H37F3N4O. The second-order valence-corrected chi connectivity index (χ2v) is 8.85. The molecule has 0 saturated heterocycles. The molecule has 5 N–H and O–H groups in total. The lowest BCUT2D eigenvalue weighted by Gasteiger charge is -2.33. The van der Waals surface area contributed by atoms with Gasteiger partial charge in [0.2, 0.25) is 0 Å². The molecule has 188 valence electrons. The highest BCUT2D eigenvalue weighted by molar-refractivity contribution is 5.73. The summed E-state index contributed by atoms with van der Waals surface area (Å²) in [5.41, 5.74) is 6.31. The Morgan fingerprint density at radius 1 is 1.15 bits per heavy atom. The Kier molecular flexibility index (Phi) is 11.2. The molecule has 0 aliphatic carbocycles. The van der Waals surface area contributed by atoms with E-state index in [1.165, 1.54) is 12.1 Å². The molecule has 3 unspecified atom stereocenters. The van der Waals surface area contributed by atoms with Crippen LogP contribution < -0.4 is 21.7 Å². The third-order valence-electron chi connectivity index (χ3n) is 6.11. The number of fused-ring (bicyclic) bond motifs is 1. The summed E-state index contributed by atoms with van der Waals surface area (Å²) in [6, 6.07) is 15.7. The van der Waals surface area contributed by atoms with E-state index in [9.17, 15) is 18.0 Å². The summed E-state index contributed by atoms with van der Waals surface area (Å²) in [5.74, 6) is 0.602. The molecule has 1 aliphatic heterocycles. The molecule has 2 amide bonds. The second kappa shape index (κ2) is 13.8. The number of nitrogens with two attached hydrogens (primary N) is 1. The molecule has 5 nitrogen and oxygen atoms in total. The van der Waals surface area contributed by atoms with Gasteiger partial charge in [0.15, 0.2) is 0 Å². The van der Waals surface area contributed by atoms with Gasteiger partial charge in [-0.05, 0) is 67.3 Å². The lowest BCUT2D eigenvalue weighted by Crippen LogP contribution is -2.38. The third kappa shape index (κ3) is 9.25. The van der Waals surface area contributed by atoms with E-state index in [0.29, 0.717) is 19.6 Å². The number of anilines is 1. The van der Waals surface area contributed by atoms with Crippen LogP contribution in [0.5, 0.6) is 0 Å². The van der Waals surface area contributed by atoms with E-state index >= 15 is 0 Å². The Morgan fingerprint density at radius 2 is 1.79 bits per heavy atom. The van der Waals surface area contributed by atoms with Crippen LogP contribution in [0.2, 0.25) is 0 Å². The van der Waals surface area contributed by atoms with E-state index in [1.807, 2.05) is 43.3 Å². The zero-order valence-corrected chi connectivity index (χ0v) is 20.0. The van der Waals surface area contributed by atoms with E-state index in [-0.39, 0.29) is 23.8 Å². The highest BCUT2D eigenvalue weighted by Gasteiger charge is 2.33. The van der Waals surface area contributed by atoms with Gasteiger partial charge in [0, 0.05) is 25.3 Å². The van der Waals surface area contributed by atoms with Crippen molar-refractivity contribution in [2.24, 2.45) is 17.6 Å². The van der Waals surface area contributed by atoms with Crippen LogP contribution in [0.15, 0.2) is 54.6 Å². The number of carbonyl (C=O) groups is 1. The molecule has 0 spiro atoms. The topological polar surface area (TPSA) is 79.2 Å². The molecule has 34 heavy (non-hydrogen) atoms. The average Bonchev–Trinajstić information content (AvgIpc) is 2.83. The van der Waals surface area contributed by atoms with Crippen molar-refractivity contribution in [1.82, 2.24) is 10.6 Å². The van der Waals surface area contributed by atoms with Crippen LogP contribution in [0, 0.1) is 11.8 Å². The number of amides is 2. The van der Waals surface area contributed by atoms with E-state index in [0.717, 1.165) is 43.1 Å². The molecule has 2 aromatic rings. The summed E-state index contributed by atoms with van der Waals surface area (Å²) < 4.78 is 39.1. The number of nitrogens with one attached hydrogen (secondary N) is 3. The average molecular weight is 479 g/mol. The van der Waals surface area contributed by atoms with Crippen LogP contribution >= 0.6 is 0 Å². The third-order valence-corrected chi connectivity index (χ3v) is 6.11. The predicted octanol–water partition coefficient (Wildman–Crippen LogP) is 5.60. The predicted molar refractivity (Wildman–Crippen MR) is 132 cm³/mol. The van der Waals surface area contributed by atoms with Gasteiger partial charge >= 0.3 is 12.2 Å². The number of benzene rings is 2. The van der Waals surface area contributed by atoms with Crippen LogP contribution in [0.25, 0.3) is 0 Å². The first-order chi connectivity index (χ1) is 16.2. The first kappa shape index (κ1) is 27.5. The van der Waals surface area contributed by atoms with Gasteiger partial charge < -0.3 is 21.7 Å². The van der Waals surface area contributed by atoms with Crippen molar-refractivity contribution in [3.05, 3.63) is 65.7 Å². The summed E-state index contributed by atoms with van der Waals surface area (Å²) in [4.78, 5) is 11.7. The number of rotatable bonds is 8. The lowest BCUT2D eigenvalue weighted by molar-refractivity contribution is -0.137. The number of hydrogen-bond donors (Lipinski definition) is 4. The highest BCUT2D eigenvalue weighted by atomic mass is 19.4. The van der Waals surface area contributed by atoms with Gasteiger partial charge in [-0.15, -0.1) is 0 Å². The number of urea groups is 1. The molecule has 0 fully saturated rings. The number of carbonyl (C=O) groups excluding carboxylic acids is 1. The maximum Gasteiger partial charge on any atom is 0.416 e. The van der Waals surface area contributed by atoms with E-state index in [2.05, 4.69) is 22.9 Å². The van der Waals surface area contributed by atoms with Gasteiger partial charge in [-0.2, -0.15) is 13.2 Å². The fourth-order valence-electron chi connectivity index (χ4n) is 3.92. The Hall–Kier alpha value is -2.74. The summed E-state index contributed by atoms with van der Waals surface area (Å²) in [7, 11) is 0. The maximum atomic E-state index is 13.0. The van der Waals surface area contributed by atoms with Crippen LogP contribution in [-0.4, -0.2) is 32.2 Å². The molecule has 0 aromatic heterocycles. The molecule has 8 heteroatoms. The maximum absolute atomic E-state index is 13.0. The molecule has 0 saturated carbocycles. The summed E-state index contributed by atoms with van der Waals surface area (Å²) in [6.07, 6.45) is -1.80. The highest BCUT2D eigenvalue weighted by Crippen LogP contribution is 2.40. The van der Waals surface area contributed by atoms with Crippen molar-refractivity contribution < 1.29 is 18.0 Å². The van der Waals surface area contributed by atoms with E-state index in [4.69, 9.17) is 5.73 Å². The fourth-order valence-corrected chi connectivity index (χ4v) is 3.92. The molecule has 0 bridgehead atoms. The molecule has 0 radical (unpaired) electrons. The van der Waals surface area contributed by atoms with Gasteiger partial charge in [-0.3, -0.25) is 0 Å². The van der Waals surface area contributed by atoms with Crippen molar-refractivity contribution in [1.29, 1.82) is 0 Å². The normalized spacial score (nSPS) is 17.9. The number of alkyl halides is 3. The Balaban J connectivity index is 0.000000589. The monoisotopic (exact) mass is 478 g/mol. The Labute approximate surface area is 200 Å². The van der Waals surface area contributed by atoms with Crippen LogP contribution in [0.3, 0.4) is 0 Å². The molecule has 3 rings (SSSR count). The van der Waals surface area contributed by atoms with Gasteiger partial charge in [-0.25, -0.2) is 4.79 Å². The summed E-state index contributed by atoms with van der Waals surface area (Å²) >= 11 is 0. The zero-order chi connectivity index (χ0) is 25.0. The second-order valence-electron chi connectivity index (χ2n) is 8.85. The first-order valence-electron chi connectivity index (χ1n) is 11.9. The van der Waals surface area contributed by atoms with Crippen molar-refractivity contribution in [3.63, 3.8) is 0 Å². The molecule has 1 heterocycles. The smallest absolute Gasteiger partial charge is 0.385 e. The number of hydrogen-bond acceptors (Lipinski definition) is 3. The van der Waals surface area contributed by atoms with E-state index < -0.39 is 11.7 Å². The number of halogens is 3. The van der Waals surface area contributed by atoms with Crippen LogP contribution in [-0.2, 0) is 6.18 Å². The molecule has 3 atom stereocenters. The summed E-state index contributed by atoms with van der Waals surface area (Å²) in [6.45, 7) is 6.48. The fraction of sp³-hybridized carbons (Fsp3) is 0.500. The van der Waals surface area contributed by atoms with Gasteiger partial charge in [-0.1, -0.05) is 50.2 Å². The minimum atomic E-state index is -4.33. The van der Waals surface area contributed by atoms with Crippen LogP contribution in [0.1, 0.15) is 50.2 Å². The minimum Gasteiger partial charge on any atom is -0.385 e. The quantitative estimate of drug-likeness (QED) is 0.373. The van der Waals surface area contributed by atoms with Gasteiger partial charge in [0.1, 0.15) is 0 Å². The Bertz CT molecular complexity index is 834. The van der Waals surface area contributed by atoms with Crippen LogP contribution in [0.4, 0.5) is 23.7 Å². The van der Waals surface area contributed by atoms with Crippen molar-refractivity contribution >= 4 is 11.7 Å². The van der Waals surface area contributed by atoms with Gasteiger partial charge in [0.25, 0.3) is 0 Å². The Morgan fingerprint density at radius 3 is 2.38 bits per heavy atom. The first-order valence-corrected chi connectivity index (χ1v) is 11.9. The van der Waals surface area contributed by atoms with Crippen molar-refractivity contribution in [2.75, 3.05) is 31.5 Å². The largest absolute Gasteiger partial charge is 0.416 e. The zero-order valence-electron chi connectivity index (χ0n) is 20.0. The molecule has 1 aliphatic rings. The van der Waals surface area contributed by atoms with E-state index in [1.54, 1.807) is 0 Å².